The zero-order valence-corrected chi connectivity index (χ0v) is 9.18. The van der Waals surface area contributed by atoms with Gasteiger partial charge in [0.2, 0.25) is 5.67 Å². The molecule has 2 heterocycles. The van der Waals surface area contributed by atoms with Gasteiger partial charge in [0.25, 0.3) is 0 Å². The number of ether oxygens (including phenoxy) is 3. The van der Waals surface area contributed by atoms with Gasteiger partial charge >= 0.3 is 0 Å². The lowest BCUT2D eigenvalue weighted by atomic mass is 9.78. The van der Waals surface area contributed by atoms with Crippen molar-refractivity contribution in [2.24, 2.45) is 0 Å². The number of aliphatic hydroxyl groups is 1. The van der Waals surface area contributed by atoms with Gasteiger partial charge in [0.05, 0.1) is 6.61 Å². The molecule has 2 aliphatic rings. The van der Waals surface area contributed by atoms with Gasteiger partial charge in [-0.15, -0.1) is 6.58 Å². The van der Waals surface area contributed by atoms with Crippen LogP contribution < -0.4 is 0 Å². The first-order valence-corrected chi connectivity index (χ1v) is 5.20. The molecule has 80 valence electrons. The fourth-order valence-corrected chi connectivity index (χ4v) is 2.15. The summed E-state index contributed by atoms with van der Waals surface area (Å²) >= 11 is 0. The Morgan fingerprint density at radius 2 is 2.47 bits per heavy atom. The summed E-state index contributed by atoms with van der Waals surface area (Å²) in [5.74, 6) is 0. The van der Waals surface area contributed by atoms with Crippen molar-refractivity contribution < 1.29 is 19.3 Å². The summed E-state index contributed by atoms with van der Waals surface area (Å²) in [6.07, 6.45) is 1.05. The fraction of sp³-hybridized carbons (Fsp3) is 0.667. The van der Waals surface area contributed by atoms with Crippen LogP contribution in [-0.4, -0.2) is 49.0 Å². The Bertz CT molecular complexity index is 298. The first kappa shape index (κ1) is 11.3. The van der Waals surface area contributed by atoms with Crippen LogP contribution in [0.2, 0.25) is 0 Å². The van der Waals surface area contributed by atoms with E-state index in [1.165, 1.54) is 0 Å². The number of rotatable bonds is 2. The van der Waals surface area contributed by atoms with E-state index in [2.05, 4.69) is 15.4 Å². The molecule has 0 saturated carbocycles. The van der Waals surface area contributed by atoms with Crippen molar-refractivity contribution in [3.63, 3.8) is 0 Å². The number of hydrogen-bond acceptors (Lipinski definition) is 4. The monoisotopic (exact) mass is 226 g/mol. The minimum absolute atomic E-state index is 0.247. The average molecular weight is 226 g/mol. The Morgan fingerprint density at radius 3 is 3.13 bits per heavy atom. The summed E-state index contributed by atoms with van der Waals surface area (Å²) in [6.45, 7) is 3.90. The van der Waals surface area contributed by atoms with Crippen LogP contribution in [0.4, 0.5) is 0 Å². The average Bonchev–Trinajstić information content (AvgIpc) is 2.42. The van der Waals surface area contributed by atoms with Crippen LogP contribution in [0.15, 0.2) is 12.7 Å². The normalized spacial score (nSPS) is 45.1. The minimum Gasteiger partial charge on any atom is -0.385 e. The van der Waals surface area contributed by atoms with Crippen molar-refractivity contribution in [3.8, 4) is 0 Å². The van der Waals surface area contributed by atoms with Gasteiger partial charge in [-0.1, -0.05) is 14.9 Å². The van der Waals surface area contributed by atoms with Gasteiger partial charge in [-0.05, 0) is 6.42 Å². The molecular formula is C9H12BO4P. The maximum atomic E-state index is 10.3. The van der Waals surface area contributed by atoms with E-state index < -0.39 is 17.7 Å². The molecule has 0 aromatic carbocycles. The van der Waals surface area contributed by atoms with Crippen molar-refractivity contribution in [1.29, 1.82) is 0 Å². The highest BCUT2D eigenvalue weighted by Gasteiger charge is 2.55. The standard InChI is InChI=1S/C9H12BO4P/c1-2-3-9(11)6-5(13-7(9)10)4-12-8(15)14-6/h2,5-7,11,15H,1,3-4H2/t5?,6-,7?,9+/m1/s1. The second-order valence-corrected chi connectivity index (χ2v) is 4.12. The maximum absolute atomic E-state index is 10.3. The largest absolute Gasteiger partial charge is 0.385 e. The van der Waals surface area contributed by atoms with Crippen molar-refractivity contribution in [1.82, 2.24) is 0 Å². The highest BCUT2D eigenvalue weighted by molar-refractivity contribution is 7.19. The van der Waals surface area contributed by atoms with E-state index in [0.29, 0.717) is 13.0 Å². The molecular weight excluding hydrogens is 214 g/mol. The summed E-state index contributed by atoms with van der Waals surface area (Å²) in [4.78, 5) is 0. The van der Waals surface area contributed by atoms with Gasteiger partial charge in [0.15, 0.2) is 0 Å². The summed E-state index contributed by atoms with van der Waals surface area (Å²) in [7, 11) is 8.86. The lowest BCUT2D eigenvalue weighted by Crippen LogP contribution is -2.52. The molecule has 4 nitrogen and oxygen atoms in total. The van der Waals surface area contributed by atoms with Crippen LogP contribution in [0, 0.1) is 0 Å². The Hall–Kier alpha value is -0.185. The van der Waals surface area contributed by atoms with Crippen molar-refractivity contribution in [2.45, 2.75) is 30.2 Å². The smallest absolute Gasteiger partial charge is 0.203 e. The van der Waals surface area contributed by atoms with E-state index >= 15 is 0 Å². The highest BCUT2D eigenvalue weighted by atomic mass is 31.0. The van der Waals surface area contributed by atoms with Gasteiger partial charge in [-0.3, -0.25) is 0 Å². The third-order valence-corrected chi connectivity index (χ3v) is 2.99. The van der Waals surface area contributed by atoms with Crippen LogP contribution in [0.1, 0.15) is 6.42 Å². The van der Waals surface area contributed by atoms with E-state index in [1.807, 2.05) is 0 Å². The van der Waals surface area contributed by atoms with Gasteiger partial charge < -0.3 is 19.3 Å². The van der Waals surface area contributed by atoms with Crippen LogP contribution >= 0.6 is 8.86 Å². The molecule has 0 spiro atoms. The number of fused-ring (bicyclic) bond motifs is 1. The zero-order valence-electron chi connectivity index (χ0n) is 8.18. The van der Waals surface area contributed by atoms with Crippen molar-refractivity contribution >= 4 is 22.4 Å². The quantitative estimate of drug-likeness (QED) is 0.403. The Balaban J connectivity index is 2.22. The van der Waals surface area contributed by atoms with E-state index in [-0.39, 0.29) is 11.8 Å². The minimum atomic E-state index is -1.24. The first-order valence-electron chi connectivity index (χ1n) is 4.70. The molecule has 2 saturated heterocycles. The van der Waals surface area contributed by atoms with Gasteiger partial charge in [0.1, 0.15) is 25.7 Å². The molecule has 2 aliphatic heterocycles. The van der Waals surface area contributed by atoms with Crippen LogP contribution in [0.3, 0.4) is 0 Å². The maximum Gasteiger partial charge on any atom is 0.203 e. The molecule has 0 aromatic rings. The predicted octanol–water partition coefficient (Wildman–Crippen LogP) is -0.167. The lowest BCUT2D eigenvalue weighted by molar-refractivity contribution is -0.0829. The van der Waals surface area contributed by atoms with Gasteiger partial charge in [-0.25, -0.2) is 0 Å². The summed E-state index contributed by atoms with van der Waals surface area (Å²) in [5, 5.41) is 10.3. The Kier molecular flexibility index (Phi) is 3.01. The second-order valence-electron chi connectivity index (χ2n) is 3.72. The fourth-order valence-electron chi connectivity index (χ4n) is 1.94. The Labute approximate surface area is 91.8 Å². The zero-order chi connectivity index (χ0) is 11.1. The molecule has 6 heteroatoms. The molecule has 4 atom stereocenters. The molecule has 2 fully saturated rings. The van der Waals surface area contributed by atoms with Crippen molar-refractivity contribution in [2.75, 3.05) is 6.61 Å². The topological polar surface area (TPSA) is 47.9 Å². The molecule has 0 bridgehead atoms. The van der Waals surface area contributed by atoms with Crippen molar-refractivity contribution in [3.05, 3.63) is 12.7 Å². The van der Waals surface area contributed by atoms with E-state index in [9.17, 15) is 5.11 Å². The second kappa shape index (κ2) is 4.00. The van der Waals surface area contributed by atoms with E-state index in [1.54, 1.807) is 6.08 Å². The third-order valence-electron chi connectivity index (χ3n) is 2.73. The molecule has 0 amide bonds. The molecule has 1 N–H and O–H groups in total. The molecule has 0 aliphatic carbocycles. The van der Waals surface area contributed by atoms with Crippen LogP contribution in [-0.2, 0) is 14.2 Å². The summed E-state index contributed by atoms with van der Waals surface area (Å²) < 4.78 is 15.8. The SMILES string of the molecule is [B]C1OC2COC(=P)O[C@H]2[C@@]1(O)CC=C. The summed E-state index contributed by atoms with van der Waals surface area (Å²) in [6, 6.07) is -0.785. The molecule has 2 rings (SSSR count). The van der Waals surface area contributed by atoms with Crippen LogP contribution in [0.25, 0.3) is 0 Å². The molecule has 2 radical (unpaired) electrons. The third kappa shape index (κ3) is 1.79. The van der Waals surface area contributed by atoms with Gasteiger partial charge in [-0.2, -0.15) is 0 Å². The van der Waals surface area contributed by atoms with Crippen LogP contribution in [0.5, 0.6) is 0 Å². The Morgan fingerprint density at radius 1 is 1.73 bits per heavy atom. The van der Waals surface area contributed by atoms with E-state index in [0.717, 1.165) is 0 Å². The lowest BCUT2D eigenvalue weighted by Gasteiger charge is -2.34. The molecule has 2 unspecified atom stereocenters. The first-order chi connectivity index (χ1) is 7.08. The summed E-state index contributed by atoms with van der Waals surface area (Å²) in [5.41, 5.74) is -0.995. The molecule has 15 heavy (non-hydrogen) atoms. The number of hydrogen-bond donors (Lipinski definition) is 1. The molecule has 0 aromatic heterocycles. The highest BCUT2D eigenvalue weighted by Crippen LogP contribution is 2.37. The van der Waals surface area contributed by atoms with Gasteiger partial charge in [0, 0.05) is 6.00 Å². The predicted molar refractivity (Wildman–Crippen MR) is 58.3 cm³/mol. The van der Waals surface area contributed by atoms with E-state index in [4.69, 9.17) is 22.1 Å².